The average Bonchev–Trinajstić information content (AvgIpc) is 2.80. The Bertz CT molecular complexity index is 733. The lowest BCUT2D eigenvalue weighted by molar-refractivity contribution is 0.583. The van der Waals surface area contributed by atoms with Crippen molar-refractivity contribution in [1.82, 2.24) is 14.5 Å². The Morgan fingerprint density at radius 3 is 2.60 bits per heavy atom. The van der Waals surface area contributed by atoms with E-state index in [9.17, 15) is 8.42 Å². The molecule has 0 saturated heterocycles. The van der Waals surface area contributed by atoms with Crippen molar-refractivity contribution in [3.05, 3.63) is 31.8 Å². The van der Waals surface area contributed by atoms with E-state index in [0.717, 1.165) is 28.3 Å². The summed E-state index contributed by atoms with van der Waals surface area (Å²) in [6.07, 6.45) is 0. The van der Waals surface area contributed by atoms with E-state index in [1.54, 1.807) is 4.68 Å². The molecule has 1 N–H and O–H groups in total. The van der Waals surface area contributed by atoms with Crippen molar-refractivity contribution >= 4 is 48.9 Å². The summed E-state index contributed by atoms with van der Waals surface area (Å²) in [5.41, 5.74) is 2.64. The predicted molar refractivity (Wildman–Crippen MR) is 83.7 cm³/mol. The predicted octanol–water partition coefficient (Wildman–Crippen LogP) is 2.99. The smallest absolute Gasteiger partial charge is 0.250 e. The third kappa shape index (κ3) is 3.09. The highest BCUT2D eigenvalue weighted by molar-refractivity contribution is 9.11. The van der Waals surface area contributed by atoms with Crippen LogP contribution in [0.5, 0.6) is 0 Å². The summed E-state index contributed by atoms with van der Waals surface area (Å²) in [6.45, 7) is 3.97. The van der Waals surface area contributed by atoms with Gasteiger partial charge in [0.2, 0.25) is 10.0 Å². The molecule has 0 aliphatic heterocycles. The van der Waals surface area contributed by atoms with Crippen LogP contribution in [-0.4, -0.2) is 18.2 Å². The number of hydrogen-bond donors (Lipinski definition) is 1. The third-order valence-electron chi connectivity index (χ3n) is 2.99. The van der Waals surface area contributed by atoms with Gasteiger partial charge >= 0.3 is 0 Å². The second kappa shape index (κ2) is 5.76. The Morgan fingerprint density at radius 2 is 2.15 bits per heavy atom. The Kier molecular flexibility index (Phi) is 4.60. The first-order valence-electron chi connectivity index (χ1n) is 5.66. The van der Waals surface area contributed by atoms with Gasteiger partial charge in [0, 0.05) is 24.8 Å². The number of aromatic nitrogens is 2. The van der Waals surface area contributed by atoms with Gasteiger partial charge in [-0.1, -0.05) is 11.6 Å². The Labute approximate surface area is 135 Å². The van der Waals surface area contributed by atoms with Gasteiger partial charge in [0.05, 0.1) is 14.5 Å². The molecule has 0 fully saturated rings. The van der Waals surface area contributed by atoms with Gasteiger partial charge in [-0.2, -0.15) is 5.10 Å². The lowest BCUT2D eigenvalue weighted by atomic mass is 10.2. The molecule has 9 heteroatoms. The molecule has 2 aromatic rings. The third-order valence-corrected chi connectivity index (χ3v) is 7.33. The first-order chi connectivity index (χ1) is 9.22. The van der Waals surface area contributed by atoms with Crippen LogP contribution in [0.1, 0.15) is 17.0 Å². The molecule has 0 aromatic carbocycles. The molecule has 2 aromatic heterocycles. The largest absolute Gasteiger partial charge is 0.272 e. The van der Waals surface area contributed by atoms with Gasteiger partial charge in [-0.25, -0.2) is 13.1 Å². The zero-order valence-corrected chi connectivity index (χ0v) is 15.0. The summed E-state index contributed by atoms with van der Waals surface area (Å²) < 4.78 is 29.5. The molecule has 2 heterocycles. The van der Waals surface area contributed by atoms with Gasteiger partial charge in [-0.15, -0.1) is 11.3 Å². The van der Waals surface area contributed by atoms with Gasteiger partial charge in [-0.05, 0) is 35.8 Å². The number of nitrogens with one attached hydrogen (secondary N) is 1. The molecule has 0 bridgehead atoms. The topological polar surface area (TPSA) is 64.0 Å². The highest BCUT2D eigenvalue weighted by Crippen LogP contribution is 2.34. The van der Waals surface area contributed by atoms with Crippen LogP contribution in [0.15, 0.2) is 14.1 Å². The van der Waals surface area contributed by atoms with Crippen LogP contribution in [0.25, 0.3) is 0 Å². The van der Waals surface area contributed by atoms with E-state index in [-0.39, 0.29) is 10.8 Å². The minimum Gasteiger partial charge on any atom is -0.272 e. The molecule has 20 heavy (non-hydrogen) atoms. The molecule has 2 rings (SSSR count). The number of aryl methyl sites for hydroxylation is 2. The van der Waals surface area contributed by atoms with Crippen LogP contribution in [0.3, 0.4) is 0 Å². The molecular weight excluding hydrogens is 386 g/mol. The molecule has 0 radical (unpaired) electrons. The van der Waals surface area contributed by atoms with E-state index < -0.39 is 10.0 Å². The van der Waals surface area contributed by atoms with Crippen molar-refractivity contribution < 1.29 is 8.42 Å². The van der Waals surface area contributed by atoms with E-state index >= 15 is 0 Å². The van der Waals surface area contributed by atoms with Gasteiger partial charge in [0.25, 0.3) is 0 Å². The molecule has 0 unspecified atom stereocenters. The number of hydrogen-bond acceptors (Lipinski definition) is 4. The van der Waals surface area contributed by atoms with Gasteiger partial charge in [0.1, 0.15) is 4.21 Å². The number of thiophene rings is 1. The van der Waals surface area contributed by atoms with Crippen LogP contribution in [0.4, 0.5) is 0 Å². The van der Waals surface area contributed by atoms with Crippen molar-refractivity contribution in [2.45, 2.75) is 24.6 Å². The SMILES string of the molecule is Cc1nn(C)c(C)c1CNS(=O)(=O)c1cc(Cl)c(Br)s1. The highest BCUT2D eigenvalue weighted by Gasteiger charge is 2.20. The second-order valence-corrected chi connectivity index (χ2v) is 9.06. The van der Waals surface area contributed by atoms with Crippen molar-refractivity contribution in [2.24, 2.45) is 7.05 Å². The molecule has 0 amide bonds. The molecule has 0 saturated carbocycles. The van der Waals surface area contributed by atoms with Crippen LogP contribution in [0.2, 0.25) is 5.02 Å². The first-order valence-corrected chi connectivity index (χ1v) is 9.13. The maximum Gasteiger partial charge on any atom is 0.250 e. The molecule has 0 aliphatic carbocycles. The van der Waals surface area contributed by atoms with E-state index in [0.29, 0.717) is 8.81 Å². The normalized spacial score (nSPS) is 12.1. The Hall–Kier alpha value is -0.410. The van der Waals surface area contributed by atoms with E-state index in [2.05, 4.69) is 25.8 Å². The van der Waals surface area contributed by atoms with Crippen molar-refractivity contribution in [2.75, 3.05) is 0 Å². The van der Waals surface area contributed by atoms with Crippen molar-refractivity contribution in [3.63, 3.8) is 0 Å². The molecule has 0 spiro atoms. The van der Waals surface area contributed by atoms with E-state index in [1.165, 1.54) is 6.07 Å². The minimum atomic E-state index is -3.57. The maximum atomic E-state index is 12.2. The Balaban J connectivity index is 2.21. The fourth-order valence-electron chi connectivity index (χ4n) is 1.77. The molecular formula is C11H13BrClN3O2S2. The summed E-state index contributed by atoms with van der Waals surface area (Å²) in [4.78, 5) is 0. The molecule has 0 atom stereocenters. The van der Waals surface area contributed by atoms with E-state index in [4.69, 9.17) is 11.6 Å². The number of nitrogens with zero attached hydrogens (tertiary/aromatic N) is 2. The zero-order chi connectivity index (χ0) is 15.1. The van der Waals surface area contributed by atoms with Crippen molar-refractivity contribution in [1.29, 1.82) is 0 Å². The van der Waals surface area contributed by atoms with Gasteiger partial charge < -0.3 is 0 Å². The average molecular weight is 399 g/mol. The number of sulfonamides is 1. The fourth-order valence-corrected chi connectivity index (χ4v) is 5.21. The molecule has 0 aliphatic rings. The standard InChI is InChI=1S/C11H13BrClN3O2S2/c1-6-8(7(2)16(3)15-6)5-14-20(17,18)10-4-9(13)11(12)19-10/h4,14H,5H2,1-3H3. The fraction of sp³-hybridized carbons (Fsp3) is 0.364. The second-order valence-electron chi connectivity index (χ2n) is 4.28. The highest BCUT2D eigenvalue weighted by atomic mass is 79.9. The minimum absolute atomic E-state index is 0.188. The first kappa shape index (κ1) is 16.0. The van der Waals surface area contributed by atoms with Crippen LogP contribution >= 0.6 is 38.9 Å². The summed E-state index contributed by atoms with van der Waals surface area (Å²) >= 11 is 10.2. The maximum absolute atomic E-state index is 12.2. The summed E-state index contributed by atoms with van der Waals surface area (Å²) in [5.74, 6) is 0. The molecule has 5 nitrogen and oxygen atoms in total. The number of halogens is 2. The summed E-state index contributed by atoms with van der Waals surface area (Å²) in [5, 5.41) is 4.65. The Morgan fingerprint density at radius 1 is 1.50 bits per heavy atom. The van der Waals surface area contributed by atoms with Crippen molar-refractivity contribution in [3.8, 4) is 0 Å². The number of rotatable bonds is 4. The zero-order valence-electron chi connectivity index (χ0n) is 11.1. The van der Waals surface area contributed by atoms with Gasteiger partial charge in [-0.3, -0.25) is 4.68 Å². The van der Waals surface area contributed by atoms with Crippen LogP contribution in [-0.2, 0) is 23.6 Å². The van der Waals surface area contributed by atoms with Crippen LogP contribution < -0.4 is 4.72 Å². The van der Waals surface area contributed by atoms with Crippen LogP contribution in [0, 0.1) is 13.8 Å². The quantitative estimate of drug-likeness (QED) is 0.861. The monoisotopic (exact) mass is 397 g/mol. The lowest BCUT2D eigenvalue weighted by Crippen LogP contribution is -2.23. The molecule has 110 valence electrons. The lowest BCUT2D eigenvalue weighted by Gasteiger charge is -2.05. The van der Waals surface area contributed by atoms with Gasteiger partial charge in [0.15, 0.2) is 0 Å². The summed E-state index contributed by atoms with van der Waals surface area (Å²) in [6, 6.07) is 1.43. The summed E-state index contributed by atoms with van der Waals surface area (Å²) in [7, 11) is -1.74. The van der Waals surface area contributed by atoms with E-state index in [1.807, 2.05) is 20.9 Å².